The number of rotatable bonds is 5. The minimum absolute atomic E-state index is 0.00778. The Morgan fingerprint density at radius 1 is 1.32 bits per heavy atom. The average Bonchev–Trinajstić information content (AvgIpc) is 3.29. The summed E-state index contributed by atoms with van der Waals surface area (Å²) >= 11 is 0. The van der Waals surface area contributed by atoms with Gasteiger partial charge >= 0.3 is 0 Å². The largest absolute Gasteiger partial charge is 0.364 e. The number of nitrogens with one attached hydrogen (secondary N) is 2. The molecule has 31 heavy (non-hydrogen) atoms. The number of piperidine rings is 1. The number of alkyl halides is 2. The standard InChI is InChI=1S/C21H21F2N5O3/c1-13(20(30)26-18-4-2-15(11-24-18)17-6-9-31-27-17)28-8-7-21(22,23)16(12-28)14-3-5-19(29)25-10-14/h2-6,9-11,13,16H,7-8,12H2,1H3,(H,25,29)(H,24,26,30)/t13?,16-/m1/s1. The lowest BCUT2D eigenvalue weighted by molar-refractivity contribution is -0.125. The molecule has 2 N–H and O–H groups in total. The smallest absolute Gasteiger partial charge is 0.257 e. The van der Waals surface area contributed by atoms with Crippen LogP contribution in [0.4, 0.5) is 14.6 Å². The molecular weight excluding hydrogens is 408 g/mol. The van der Waals surface area contributed by atoms with Gasteiger partial charge in [0.05, 0.1) is 12.0 Å². The summed E-state index contributed by atoms with van der Waals surface area (Å²) in [5, 5.41) is 6.55. The zero-order chi connectivity index (χ0) is 22.0. The monoisotopic (exact) mass is 429 g/mol. The molecule has 3 aromatic heterocycles. The number of nitrogens with zero attached hydrogens (tertiary/aromatic N) is 3. The van der Waals surface area contributed by atoms with Crippen LogP contribution in [0.2, 0.25) is 0 Å². The van der Waals surface area contributed by atoms with Crippen LogP contribution in [0.5, 0.6) is 0 Å². The van der Waals surface area contributed by atoms with E-state index in [-0.39, 0.29) is 31.0 Å². The number of pyridine rings is 2. The van der Waals surface area contributed by atoms with Gasteiger partial charge in [-0.1, -0.05) is 11.2 Å². The van der Waals surface area contributed by atoms with Crippen LogP contribution >= 0.6 is 0 Å². The molecule has 1 aliphatic heterocycles. The molecule has 0 radical (unpaired) electrons. The molecule has 0 saturated carbocycles. The summed E-state index contributed by atoms with van der Waals surface area (Å²) < 4.78 is 33.9. The zero-order valence-electron chi connectivity index (χ0n) is 16.7. The van der Waals surface area contributed by atoms with E-state index < -0.39 is 17.9 Å². The summed E-state index contributed by atoms with van der Waals surface area (Å²) in [7, 11) is 0. The number of halogens is 2. The van der Waals surface area contributed by atoms with E-state index in [1.54, 1.807) is 36.2 Å². The second-order valence-corrected chi connectivity index (χ2v) is 7.53. The first-order valence-electron chi connectivity index (χ1n) is 9.82. The molecule has 0 aromatic carbocycles. The Kier molecular flexibility index (Phi) is 5.64. The molecule has 1 saturated heterocycles. The van der Waals surface area contributed by atoms with Crippen molar-refractivity contribution in [3.8, 4) is 11.3 Å². The Hall–Kier alpha value is -3.40. The molecule has 162 valence electrons. The van der Waals surface area contributed by atoms with Gasteiger partial charge in [-0.2, -0.15) is 0 Å². The number of hydrogen-bond acceptors (Lipinski definition) is 6. The van der Waals surface area contributed by atoms with E-state index in [0.717, 1.165) is 5.56 Å². The third kappa shape index (κ3) is 4.53. The predicted molar refractivity (Wildman–Crippen MR) is 109 cm³/mol. The molecule has 0 aliphatic carbocycles. The van der Waals surface area contributed by atoms with Gasteiger partial charge in [0, 0.05) is 49.6 Å². The van der Waals surface area contributed by atoms with Crippen molar-refractivity contribution in [1.29, 1.82) is 0 Å². The molecule has 1 unspecified atom stereocenters. The Morgan fingerprint density at radius 3 is 2.81 bits per heavy atom. The van der Waals surface area contributed by atoms with Crippen molar-refractivity contribution in [2.75, 3.05) is 18.4 Å². The maximum absolute atomic E-state index is 14.6. The molecule has 1 fully saturated rings. The van der Waals surface area contributed by atoms with Gasteiger partial charge in [0.25, 0.3) is 5.92 Å². The van der Waals surface area contributed by atoms with Gasteiger partial charge in [-0.25, -0.2) is 13.8 Å². The fraction of sp³-hybridized carbons (Fsp3) is 0.333. The van der Waals surface area contributed by atoms with Gasteiger partial charge in [0.2, 0.25) is 11.5 Å². The SMILES string of the molecule is CC(C(=O)Nc1ccc(-c2ccon2)cn1)N1CCC(F)(F)[C@@H](c2ccc(=O)[nH]c2)C1. The van der Waals surface area contributed by atoms with E-state index in [4.69, 9.17) is 4.52 Å². The van der Waals surface area contributed by atoms with Crippen molar-refractivity contribution in [2.45, 2.75) is 31.2 Å². The van der Waals surface area contributed by atoms with Crippen LogP contribution in [0.1, 0.15) is 24.8 Å². The van der Waals surface area contributed by atoms with Gasteiger partial charge in [0.15, 0.2) is 0 Å². The van der Waals surface area contributed by atoms with Crippen molar-refractivity contribution >= 4 is 11.7 Å². The lowest BCUT2D eigenvalue weighted by Gasteiger charge is -2.40. The highest BCUT2D eigenvalue weighted by molar-refractivity contribution is 5.93. The summed E-state index contributed by atoms with van der Waals surface area (Å²) in [6.07, 6.45) is 3.95. The molecule has 0 bridgehead atoms. The number of carbonyl (C=O) groups excluding carboxylic acids is 1. The molecule has 3 aromatic rings. The lowest BCUT2D eigenvalue weighted by atomic mass is 9.87. The first-order valence-corrected chi connectivity index (χ1v) is 9.82. The molecule has 10 heteroatoms. The summed E-state index contributed by atoms with van der Waals surface area (Å²) in [6.45, 7) is 1.75. The number of anilines is 1. The Balaban J connectivity index is 1.43. The van der Waals surface area contributed by atoms with Crippen LogP contribution in [0.25, 0.3) is 11.3 Å². The fourth-order valence-electron chi connectivity index (χ4n) is 3.64. The van der Waals surface area contributed by atoms with Crippen LogP contribution < -0.4 is 10.9 Å². The Morgan fingerprint density at radius 2 is 2.16 bits per heavy atom. The minimum atomic E-state index is -2.93. The van der Waals surface area contributed by atoms with E-state index >= 15 is 0 Å². The van der Waals surface area contributed by atoms with E-state index in [0.29, 0.717) is 17.1 Å². The lowest BCUT2D eigenvalue weighted by Crippen LogP contribution is -2.52. The quantitative estimate of drug-likeness (QED) is 0.646. The number of aromatic nitrogens is 3. The summed E-state index contributed by atoms with van der Waals surface area (Å²) in [5.41, 5.74) is 1.35. The van der Waals surface area contributed by atoms with Crippen LogP contribution in [0.3, 0.4) is 0 Å². The van der Waals surface area contributed by atoms with Gasteiger partial charge in [-0.15, -0.1) is 0 Å². The third-order valence-electron chi connectivity index (χ3n) is 5.55. The van der Waals surface area contributed by atoms with Crippen molar-refractivity contribution in [3.05, 3.63) is 64.9 Å². The fourth-order valence-corrected chi connectivity index (χ4v) is 3.64. The third-order valence-corrected chi connectivity index (χ3v) is 5.55. The molecule has 1 aliphatic rings. The van der Waals surface area contributed by atoms with Gasteiger partial charge in [0.1, 0.15) is 17.8 Å². The number of amides is 1. The van der Waals surface area contributed by atoms with E-state index in [1.165, 1.54) is 24.6 Å². The average molecular weight is 429 g/mol. The second kappa shape index (κ2) is 8.38. The van der Waals surface area contributed by atoms with Crippen molar-refractivity contribution in [2.24, 2.45) is 0 Å². The summed E-state index contributed by atoms with van der Waals surface area (Å²) in [4.78, 5) is 32.4. The highest BCUT2D eigenvalue weighted by atomic mass is 19.3. The number of aromatic amines is 1. The van der Waals surface area contributed by atoms with E-state index in [2.05, 4.69) is 20.4 Å². The van der Waals surface area contributed by atoms with Crippen LogP contribution in [0.15, 0.2) is 58.3 Å². The Labute approximate surface area is 176 Å². The maximum atomic E-state index is 14.6. The Bertz CT molecular complexity index is 1080. The molecule has 2 atom stereocenters. The van der Waals surface area contributed by atoms with Gasteiger partial charge in [-0.3, -0.25) is 14.5 Å². The maximum Gasteiger partial charge on any atom is 0.257 e. The van der Waals surface area contributed by atoms with Crippen molar-refractivity contribution in [1.82, 2.24) is 20.0 Å². The summed E-state index contributed by atoms with van der Waals surface area (Å²) in [6, 6.07) is 7.09. The van der Waals surface area contributed by atoms with Crippen LogP contribution in [-0.2, 0) is 4.79 Å². The summed E-state index contributed by atoms with van der Waals surface area (Å²) in [5.74, 6) is -4.03. The molecular formula is C21H21F2N5O3. The van der Waals surface area contributed by atoms with Crippen LogP contribution in [0, 0.1) is 0 Å². The predicted octanol–water partition coefficient (Wildman–Crippen LogP) is 2.88. The molecule has 1 amide bonds. The highest BCUT2D eigenvalue weighted by Crippen LogP contribution is 2.40. The number of hydrogen-bond donors (Lipinski definition) is 2. The molecule has 4 rings (SSSR count). The van der Waals surface area contributed by atoms with Crippen LogP contribution in [-0.4, -0.2) is 51.0 Å². The minimum Gasteiger partial charge on any atom is -0.364 e. The van der Waals surface area contributed by atoms with Gasteiger partial charge in [-0.05, 0) is 24.6 Å². The van der Waals surface area contributed by atoms with Gasteiger partial charge < -0.3 is 14.8 Å². The number of likely N-dealkylation sites (tertiary alicyclic amines) is 1. The first kappa shape index (κ1) is 20.9. The number of H-pyrrole nitrogens is 1. The molecule has 0 spiro atoms. The van der Waals surface area contributed by atoms with E-state index in [9.17, 15) is 18.4 Å². The van der Waals surface area contributed by atoms with Crippen molar-refractivity contribution in [3.63, 3.8) is 0 Å². The zero-order valence-corrected chi connectivity index (χ0v) is 16.7. The number of carbonyl (C=O) groups is 1. The van der Waals surface area contributed by atoms with Crippen molar-refractivity contribution < 1.29 is 18.1 Å². The molecule has 8 nitrogen and oxygen atoms in total. The first-order chi connectivity index (χ1) is 14.8. The topological polar surface area (TPSA) is 104 Å². The second-order valence-electron chi connectivity index (χ2n) is 7.53. The highest BCUT2D eigenvalue weighted by Gasteiger charge is 2.46. The van der Waals surface area contributed by atoms with E-state index in [1.807, 2.05) is 0 Å². The normalized spacial score (nSPS) is 19.6. The molecule has 4 heterocycles.